The maximum Gasteiger partial charge on any atom is 0.319 e. The summed E-state index contributed by atoms with van der Waals surface area (Å²) in [6, 6.07) is 14.9. The molecule has 26 heavy (non-hydrogen) atoms. The first-order valence-corrected chi connectivity index (χ1v) is 8.53. The largest absolute Gasteiger partial charge is 0.483 e. The van der Waals surface area contributed by atoms with Crippen molar-refractivity contribution in [1.29, 1.82) is 0 Å². The van der Waals surface area contributed by atoms with E-state index < -0.39 is 0 Å². The highest BCUT2D eigenvalue weighted by atomic mass is 16.5. The maximum atomic E-state index is 11.7. The number of carbonyl (C=O) groups is 1. The zero-order valence-corrected chi connectivity index (χ0v) is 15.0. The second-order valence-corrected chi connectivity index (χ2v) is 6.60. The third-order valence-corrected chi connectivity index (χ3v) is 3.85. The van der Waals surface area contributed by atoms with Gasteiger partial charge in [-0.15, -0.1) is 0 Å². The lowest BCUT2D eigenvalue weighted by Gasteiger charge is -2.17. The summed E-state index contributed by atoms with van der Waals surface area (Å²) in [5.41, 5.74) is 1.69. The van der Waals surface area contributed by atoms with Gasteiger partial charge in [0.1, 0.15) is 12.2 Å². The Kier molecular flexibility index (Phi) is 5.33. The molecule has 0 fully saturated rings. The van der Waals surface area contributed by atoms with E-state index in [9.17, 15) is 4.79 Å². The number of para-hydroxylation sites is 2. The van der Waals surface area contributed by atoms with Gasteiger partial charge in [-0.25, -0.2) is 4.79 Å². The maximum absolute atomic E-state index is 11.7. The molecule has 0 atom stereocenters. The van der Waals surface area contributed by atoms with Crippen LogP contribution >= 0.6 is 0 Å². The molecule has 0 saturated heterocycles. The summed E-state index contributed by atoms with van der Waals surface area (Å²) in [5, 5.41) is 5.41. The topological polar surface area (TPSA) is 59.6 Å². The molecule has 5 heteroatoms. The lowest BCUT2D eigenvalue weighted by Crippen LogP contribution is -2.28. The van der Waals surface area contributed by atoms with Crippen molar-refractivity contribution in [3.63, 3.8) is 0 Å². The van der Waals surface area contributed by atoms with Crippen LogP contribution in [0.4, 0.5) is 10.5 Å². The SMILES string of the molecule is CC1(C)Cc2cccc(OCC#CCNC(=O)Nc3ccccc3)c2O1. The molecule has 2 N–H and O–H groups in total. The highest BCUT2D eigenvalue weighted by molar-refractivity contribution is 5.89. The van der Waals surface area contributed by atoms with Gasteiger partial charge in [-0.05, 0) is 32.0 Å². The van der Waals surface area contributed by atoms with E-state index in [-0.39, 0.29) is 24.8 Å². The van der Waals surface area contributed by atoms with Crippen LogP contribution in [-0.4, -0.2) is 24.8 Å². The van der Waals surface area contributed by atoms with Crippen molar-refractivity contribution in [3.8, 4) is 23.3 Å². The van der Waals surface area contributed by atoms with Crippen LogP contribution in [0.25, 0.3) is 0 Å². The molecule has 134 valence electrons. The van der Waals surface area contributed by atoms with E-state index in [0.29, 0.717) is 5.75 Å². The zero-order chi connectivity index (χ0) is 18.4. The number of amides is 2. The van der Waals surface area contributed by atoms with Crippen LogP contribution in [0.3, 0.4) is 0 Å². The molecule has 0 saturated carbocycles. The number of benzene rings is 2. The molecule has 2 aromatic carbocycles. The second-order valence-electron chi connectivity index (χ2n) is 6.60. The van der Waals surface area contributed by atoms with Crippen molar-refractivity contribution in [2.24, 2.45) is 0 Å². The average molecular weight is 350 g/mol. The quantitative estimate of drug-likeness (QED) is 0.828. The normalized spacial score (nSPS) is 13.6. The van der Waals surface area contributed by atoms with Crippen LogP contribution in [0.15, 0.2) is 48.5 Å². The van der Waals surface area contributed by atoms with Crippen molar-refractivity contribution >= 4 is 11.7 Å². The second kappa shape index (κ2) is 7.83. The molecule has 1 aliphatic heterocycles. The number of urea groups is 1. The Labute approximate surface area is 153 Å². The van der Waals surface area contributed by atoms with E-state index in [1.54, 1.807) is 0 Å². The summed E-state index contributed by atoms with van der Waals surface area (Å²) < 4.78 is 11.7. The Morgan fingerprint density at radius 3 is 2.77 bits per heavy atom. The monoisotopic (exact) mass is 350 g/mol. The number of rotatable bonds is 4. The minimum Gasteiger partial charge on any atom is -0.483 e. The van der Waals surface area contributed by atoms with Gasteiger partial charge in [-0.2, -0.15) is 0 Å². The molecule has 1 aliphatic rings. The molecule has 0 spiro atoms. The number of hydrogen-bond donors (Lipinski definition) is 2. The van der Waals surface area contributed by atoms with E-state index in [4.69, 9.17) is 9.47 Å². The zero-order valence-electron chi connectivity index (χ0n) is 15.0. The van der Waals surface area contributed by atoms with Crippen molar-refractivity contribution < 1.29 is 14.3 Å². The third kappa shape index (κ3) is 4.70. The number of anilines is 1. The van der Waals surface area contributed by atoms with Gasteiger partial charge in [-0.3, -0.25) is 0 Å². The molecular formula is C21H22N2O3. The number of ether oxygens (including phenoxy) is 2. The smallest absolute Gasteiger partial charge is 0.319 e. The lowest BCUT2D eigenvalue weighted by atomic mass is 10.0. The van der Waals surface area contributed by atoms with Crippen LogP contribution in [0.2, 0.25) is 0 Å². The van der Waals surface area contributed by atoms with E-state index in [0.717, 1.165) is 23.4 Å². The molecule has 2 aromatic rings. The standard InChI is InChI=1S/C21H22N2O3/c1-21(2)15-16-9-8-12-18(19(16)26-21)25-14-7-6-13-22-20(24)23-17-10-4-3-5-11-17/h3-5,8-12H,13-15H2,1-2H3,(H2,22,23,24). The molecule has 2 amide bonds. The highest BCUT2D eigenvalue weighted by Crippen LogP contribution is 2.41. The van der Waals surface area contributed by atoms with Gasteiger partial charge in [0.15, 0.2) is 11.5 Å². The Morgan fingerprint density at radius 2 is 1.96 bits per heavy atom. The third-order valence-electron chi connectivity index (χ3n) is 3.85. The van der Waals surface area contributed by atoms with Crippen LogP contribution in [0.1, 0.15) is 19.4 Å². The van der Waals surface area contributed by atoms with Crippen molar-refractivity contribution in [3.05, 3.63) is 54.1 Å². The summed E-state index contributed by atoms with van der Waals surface area (Å²) in [6.45, 7) is 4.60. The van der Waals surface area contributed by atoms with Crippen molar-refractivity contribution in [2.45, 2.75) is 25.9 Å². The fraction of sp³-hybridized carbons (Fsp3) is 0.286. The molecule has 0 aromatic heterocycles. The van der Waals surface area contributed by atoms with Crippen molar-refractivity contribution in [2.75, 3.05) is 18.5 Å². The van der Waals surface area contributed by atoms with Gasteiger partial charge in [0.25, 0.3) is 0 Å². The Bertz CT molecular complexity index is 835. The van der Waals surface area contributed by atoms with Gasteiger partial charge in [0.2, 0.25) is 0 Å². The fourth-order valence-corrected chi connectivity index (χ4v) is 2.75. The molecule has 0 unspecified atom stereocenters. The summed E-state index contributed by atoms with van der Waals surface area (Å²) in [7, 11) is 0. The first-order valence-electron chi connectivity index (χ1n) is 8.53. The lowest BCUT2D eigenvalue weighted by molar-refractivity contribution is 0.133. The van der Waals surface area contributed by atoms with E-state index in [1.807, 2.05) is 42.5 Å². The van der Waals surface area contributed by atoms with Crippen LogP contribution < -0.4 is 20.1 Å². The van der Waals surface area contributed by atoms with Gasteiger partial charge < -0.3 is 20.1 Å². The minimum absolute atomic E-state index is 0.205. The van der Waals surface area contributed by atoms with Gasteiger partial charge in [0.05, 0.1) is 6.54 Å². The summed E-state index contributed by atoms with van der Waals surface area (Å²) in [5.74, 6) is 7.27. The van der Waals surface area contributed by atoms with Crippen molar-refractivity contribution in [1.82, 2.24) is 5.32 Å². The van der Waals surface area contributed by atoms with E-state index in [2.05, 4.69) is 42.4 Å². The number of hydrogen-bond acceptors (Lipinski definition) is 3. The Balaban J connectivity index is 1.43. The molecule has 3 rings (SSSR count). The van der Waals surface area contributed by atoms with Crippen LogP contribution in [-0.2, 0) is 6.42 Å². The summed E-state index contributed by atoms with van der Waals surface area (Å²) in [4.78, 5) is 11.7. The molecule has 5 nitrogen and oxygen atoms in total. The first kappa shape index (κ1) is 17.7. The number of fused-ring (bicyclic) bond motifs is 1. The first-order chi connectivity index (χ1) is 12.5. The van der Waals surface area contributed by atoms with Gasteiger partial charge >= 0.3 is 6.03 Å². The highest BCUT2D eigenvalue weighted by Gasteiger charge is 2.32. The summed E-state index contributed by atoms with van der Waals surface area (Å²) in [6.07, 6.45) is 0.867. The predicted molar refractivity (Wildman–Crippen MR) is 102 cm³/mol. The molecule has 1 heterocycles. The molecule has 0 bridgehead atoms. The van der Waals surface area contributed by atoms with Gasteiger partial charge in [-0.1, -0.05) is 42.2 Å². The van der Waals surface area contributed by atoms with E-state index >= 15 is 0 Å². The van der Waals surface area contributed by atoms with Crippen LogP contribution in [0.5, 0.6) is 11.5 Å². The minimum atomic E-state index is -0.289. The van der Waals surface area contributed by atoms with Crippen LogP contribution in [0, 0.1) is 11.8 Å². The number of nitrogens with one attached hydrogen (secondary N) is 2. The molecule has 0 radical (unpaired) electrons. The summed E-state index contributed by atoms with van der Waals surface area (Å²) >= 11 is 0. The van der Waals surface area contributed by atoms with E-state index in [1.165, 1.54) is 0 Å². The predicted octanol–water partition coefficient (Wildman–Crippen LogP) is 3.60. The Hall–Kier alpha value is -3.13. The Morgan fingerprint density at radius 1 is 1.15 bits per heavy atom. The fourth-order valence-electron chi connectivity index (χ4n) is 2.75. The average Bonchev–Trinajstić information content (AvgIpc) is 2.93. The number of carbonyl (C=O) groups excluding carboxylic acids is 1. The van der Waals surface area contributed by atoms with Gasteiger partial charge in [0, 0.05) is 17.7 Å². The molecular weight excluding hydrogens is 328 g/mol. The molecule has 0 aliphatic carbocycles.